The molecule has 1 atom stereocenters. The first kappa shape index (κ1) is 14.0. The van der Waals surface area contributed by atoms with E-state index in [0.29, 0.717) is 11.3 Å². The average molecular weight is 313 g/mol. The van der Waals surface area contributed by atoms with Crippen molar-refractivity contribution in [1.82, 2.24) is 15.3 Å². The molecule has 5 nitrogen and oxygen atoms in total. The van der Waals surface area contributed by atoms with Crippen molar-refractivity contribution in [2.24, 2.45) is 0 Å². The van der Waals surface area contributed by atoms with Crippen LogP contribution in [0.2, 0.25) is 5.28 Å². The van der Waals surface area contributed by atoms with Gasteiger partial charge in [-0.1, -0.05) is 0 Å². The number of fused-ring (bicyclic) bond motifs is 1. The number of anilines is 1. The van der Waals surface area contributed by atoms with E-state index in [9.17, 15) is 0 Å². The molecule has 3 rings (SSSR count). The molecule has 1 saturated heterocycles. The van der Waals surface area contributed by atoms with Crippen molar-refractivity contribution in [2.75, 3.05) is 38.3 Å². The van der Waals surface area contributed by atoms with Crippen molar-refractivity contribution in [2.45, 2.75) is 13.0 Å². The average Bonchev–Trinajstić information content (AvgIpc) is 2.90. The van der Waals surface area contributed by atoms with Gasteiger partial charge in [0.15, 0.2) is 5.82 Å². The molecule has 0 aromatic carbocycles. The molecule has 7 heteroatoms. The molecule has 0 radical (unpaired) electrons. The summed E-state index contributed by atoms with van der Waals surface area (Å²) in [4.78, 5) is 12.3. The molecule has 108 valence electrons. The maximum atomic E-state index is 6.07. The Morgan fingerprint density at radius 1 is 1.40 bits per heavy atom. The predicted molar refractivity (Wildman–Crippen MR) is 82.9 cm³/mol. The number of nitrogens with zero attached hydrogens (tertiary/aromatic N) is 3. The van der Waals surface area contributed by atoms with Gasteiger partial charge in [-0.3, -0.25) is 0 Å². The molecule has 2 aromatic rings. The van der Waals surface area contributed by atoms with Crippen molar-refractivity contribution in [3.63, 3.8) is 0 Å². The third-order valence-corrected chi connectivity index (χ3v) is 4.99. The summed E-state index contributed by atoms with van der Waals surface area (Å²) < 4.78 is 6.50. The number of aromatic nitrogens is 2. The largest absolute Gasteiger partial charge is 0.378 e. The van der Waals surface area contributed by atoms with Gasteiger partial charge in [0.05, 0.1) is 23.4 Å². The Morgan fingerprint density at radius 2 is 2.15 bits per heavy atom. The lowest BCUT2D eigenvalue weighted by Gasteiger charge is -2.28. The van der Waals surface area contributed by atoms with E-state index in [1.54, 1.807) is 11.3 Å². The van der Waals surface area contributed by atoms with Crippen molar-refractivity contribution < 1.29 is 4.74 Å². The first-order valence-corrected chi connectivity index (χ1v) is 7.85. The minimum atomic E-state index is 0.297. The van der Waals surface area contributed by atoms with Gasteiger partial charge >= 0.3 is 0 Å². The molecule has 1 fully saturated rings. The van der Waals surface area contributed by atoms with Crippen LogP contribution in [0, 0.1) is 0 Å². The highest BCUT2D eigenvalue weighted by molar-refractivity contribution is 7.19. The molecule has 0 saturated carbocycles. The molecular weight excluding hydrogens is 296 g/mol. The van der Waals surface area contributed by atoms with Crippen LogP contribution in [0.5, 0.6) is 0 Å². The minimum Gasteiger partial charge on any atom is -0.378 e. The molecule has 0 aliphatic carbocycles. The first-order valence-electron chi connectivity index (χ1n) is 6.66. The molecule has 0 spiro atoms. The summed E-state index contributed by atoms with van der Waals surface area (Å²) in [6.45, 7) is 5.28. The normalized spacial score (nSPS) is 17.6. The summed E-state index contributed by atoms with van der Waals surface area (Å²) in [7, 11) is 1.95. The van der Waals surface area contributed by atoms with Gasteiger partial charge in [-0.15, -0.1) is 11.3 Å². The lowest BCUT2D eigenvalue weighted by molar-refractivity contribution is 0.122. The number of morpholine rings is 1. The van der Waals surface area contributed by atoms with Crippen molar-refractivity contribution in [1.29, 1.82) is 0 Å². The Bertz CT molecular complexity index is 612. The zero-order valence-electron chi connectivity index (χ0n) is 11.5. The molecular formula is C13H17ClN4OS. The van der Waals surface area contributed by atoms with Crippen LogP contribution in [0.3, 0.4) is 0 Å². The molecule has 0 amide bonds. The Morgan fingerprint density at radius 3 is 2.85 bits per heavy atom. The summed E-state index contributed by atoms with van der Waals surface area (Å²) in [5, 5.41) is 3.56. The molecule has 0 bridgehead atoms. The highest BCUT2D eigenvalue weighted by Crippen LogP contribution is 2.35. The van der Waals surface area contributed by atoms with Crippen LogP contribution < -0.4 is 10.2 Å². The number of hydrogen-bond acceptors (Lipinski definition) is 6. The third-order valence-electron chi connectivity index (χ3n) is 3.52. The fraction of sp³-hybridized carbons (Fsp3) is 0.538. The van der Waals surface area contributed by atoms with Gasteiger partial charge in [0.25, 0.3) is 0 Å². The lowest BCUT2D eigenvalue weighted by Crippen LogP contribution is -2.36. The summed E-state index contributed by atoms with van der Waals surface area (Å²) in [6.07, 6.45) is 0. The van der Waals surface area contributed by atoms with Crippen LogP contribution in [0.1, 0.15) is 17.8 Å². The number of thiophene rings is 1. The van der Waals surface area contributed by atoms with Crippen LogP contribution in [0.4, 0.5) is 5.82 Å². The van der Waals surface area contributed by atoms with Crippen molar-refractivity contribution in [3.8, 4) is 0 Å². The van der Waals surface area contributed by atoms with Crippen molar-refractivity contribution >= 4 is 39.0 Å². The first-order chi connectivity index (χ1) is 9.69. The van der Waals surface area contributed by atoms with E-state index in [1.807, 2.05) is 7.05 Å². The Hall–Kier alpha value is -0.950. The third kappa shape index (κ3) is 2.61. The number of halogens is 1. The van der Waals surface area contributed by atoms with E-state index in [1.165, 1.54) is 4.88 Å². The topological polar surface area (TPSA) is 50.3 Å². The Balaban J connectivity index is 2.07. The van der Waals surface area contributed by atoms with Gasteiger partial charge < -0.3 is 15.0 Å². The summed E-state index contributed by atoms with van der Waals surface area (Å²) in [5.74, 6) is 0.933. The second-order valence-corrected chi connectivity index (χ2v) is 6.21. The van der Waals surface area contributed by atoms with Crippen LogP contribution >= 0.6 is 22.9 Å². The second-order valence-electron chi connectivity index (χ2n) is 4.79. The van der Waals surface area contributed by atoms with E-state index >= 15 is 0 Å². The zero-order valence-corrected chi connectivity index (χ0v) is 13.1. The van der Waals surface area contributed by atoms with Crippen LogP contribution in [-0.2, 0) is 4.74 Å². The van der Waals surface area contributed by atoms with Crippen LogP contribution in [0.25, 0.3) is 10.2 Å². The molecule has 3 heterocycles. The van der Waals surface area contributed by atoms with Gasteiger partial charge in [0.1, 0.15) is 0 Å². The van der Waals surface area contributed by atoms with E-state index in [0.717, 1.165) is 42.3 Å². The number of nitrogens with one attached hydrogen (secondary N) is 1. The fourth-order valence-corrected chi connectivity index (χ4v) is 3.60. The van der Waals surface area contributed by atoms with Crippen molar-refractivity contribution in [3.05, 3.63) is 16.2 Å². The van der Waals surface area contributed by atoms with E-state index in [4.69, 9.17) is 16.3 Å². The number of rotatable bonds is 3. The highest BCUT2D eigenvalue weighted by Gasteiger charge is 2.20. The van der Waals surface area contributed by atoms with E-state index in [2.05, 4.69) is 33.2 Å². The molecule has 1 unspecified atom stereocenters. The molecule has 20 heavy (non-hydrogen) atoms. The molecule has 1 aliphatic rings. The van der Waals surface area contributed by atoms with Gasteiger partial charge in [-0.05, 0) is 31.6 Å². The molecule has 1 N–H and O–H groups in total. The quantitative estimate of drug-likeness (QED) is 0.882. The van der Waals surface area contributed by atoms with Crippen LogP contribution in [-0.4, -0.2) is 43.3 Å². The lowest BCUT2D eigenvalue weighted by atomic mass is 10.2. The van der Waals surface area contributed by atoms with Gasteiger partial charge in [-0.25, -0.2) is 4.98 Å². The minimum absolute atomic E-state index is 0.297. The van der Waals surface area contributed by atoms with Crippen LogP contribution in [0.15, 0.2) is 6.07 Å². The molecule has 1 aliphatic heterocycles. The van der Waals surface area contributed by atoms with Gasteiger partial charge in [-0.2, -0.15) is 4.98 Å². The smallest absolute Gasteiger partial charge is 0.224 e. The second kappa shape index (κ2) is 5.81. The zero-order chi connectivity index (χ0) is 14.1. The Labute approximate surface area is 126 Å². The number of ether oxygens (including phenoxy) is 1. The summed E-state index contributed by atoms with van der Waals surface area (Å²) in [6, 6.07) is 2.39. The highest BCUT2D eigenvalue weighted by atomic mass is 35.5. The summed E-state index contributed by atoms with van der Waals surface area (Å²) >= 11 is 7.80. The van der Waals surface area contributed by atoms with Gasteiger partial charge in [0, 0.05) is 24.0 Å². The summed E-state index contributed by atoms with van der Waals surface area (Å²) in [5.41, 5.74) is 0.925. The molecule has 2 aromatic heterocycles. The van der Waals surface area contributed by atoms with Gasteiger partial charge in [0.2, 0.25) is 5.28 Å². The standard InChI is InChI=1S/C13H17ClN4OS/c1-8(15-2)10-7-9-11(20-10)12(17-13(14)16-9)18-3-5-19-6-4-18/h7-8,15H,3-6H2,1-2H3. The maximum absolute atomic E-state index is 6.07. The van der Waals surface area contributed by atoms with E-state index < -0.39 is 0 Å². The predicted octanol–water partition coefficient (Wildman–Crippen LogP) is 2.46. The maximum Gasteiger partial charge on any atom is 0.224 e. The Kier molecular flexibility index (Phi) is 4.07. The SMILES string of the molecule is CNC(C)c1cc2nc(Cl)nc(N3CCOCC3)c2s1. The monoisotopic (exact) mass is 312 g/mol. The van der Waals surface area contributed by atoms with E-state index in [-0.39, 0.29) is 0 Å². The number of hydrogen-bond donors (Lipinski definition) is 1. The fourth-order valence-electron chi connectivity index (χ4n) is 2.25.